The van der Waals surface area contributed by atoms with Gasteiger partial charge in [0.2, 0.25) is 0 Å². The fourth-order valence-corrected chi connectivity index (χ4v) is 6.45. The molecule has 0 bridgehead atoms. The maximum Gasteiger partial charge on any atom is 0.333 e. The Bertz CT molecular complexity index is 1090. The minimum atomic E-state index is -3.69. The predicted molar refractivity (Wildman–Crippen MR) is 126 cm³/mol. The van der Waals surface area contributed by atoms with Gasteiger partial charge in [0, 0.05) is 37.2 Å². The fourth-order valence-electron chi connectivity index (χ4n) is 4.82. The lowest BCUT2D eigenvalue weighted by atomic mass is 9.74. The van der Waals surface area contributed by atoms with Crippen LogP contribution >= 0.6 is 0 Å². The number of methoxy groups -OCH3 is 1. The summed E-state index contributed by atoms with van der Waals surface area (Å²) in [5.41, 5.74) is 1.06. The molecule has 3 rings (SSSR count). The lowest BCUT2D eigenvalue weighted by molar-refractivity contribution is -0.254. The molecular weight excluding hydrogens is 492 g/mol. The van der Waals surface area contributed by atoms with Gasteiger partial charge in [-0.25, -0.2) is 13.2 Å². The van der Waals surface area contributed by atoms with Crippen LogP contribution in [0.2, 0.25) is 0 Å². The van der Waals surface area contributed by atoms with E-state index in [1.807, 2.05) is 6.92 Å². The normalized spacial score (nSPS) is 27.6. The summed E-state index contributed by atoms with van der Waals surface area (Å²) < 4.78 is 53.8. The molecular formula is C25H32O10S. The van der Waals surface area contributed by atoms with E-state index in [4.69, 9.17) is 23.7 Å². The third-order valence-electron chi connectivity index (χ3n) is 6.45. The molecule has 0 spiro atoms. The zero-order chi connectivity index (χ0) is 26.6. The highest BCUT2D eigenvalue weighted by molar-refractivity contribution is 7.91. The molecule has 2 saturated heterocycles. The van der Waals surface area contributed by atoms with Crippen LogP contribution in [0.4, 0.5) is 0 Å². The summed E-state index contributed by atoms with van der Waals surface area (Å²) in [5.74, 6) is -3.71. The molecule has 2 aliphatic rings. The molecule has 6 atom stereocenters. The van der Waals surface area contributed by atoms with Crippen LogP contribution in [-0.2, 0) is 47.9 Å². The second kappa shape index (κ2) is 11.5. The topological polar surface area (TPSA) is 131 Å². The Balaban J connectivity index is 1.95. The zero-order valence-electron chi connectivity index (χ0n) is 20.8. The van der Waals surface area contributed by atoms with E-state index in [-0.39, 0.29) is 35.9 Å². The summed E-state index contributed by atoms with van der Waals surface area (Å²) in [4.78, 5) is 35.8. The van der Waals surface area contributed by atoms with Crippen LogP contribution in [0, 0.1) is 24.7 Å². The minimum Gasteiger partial charge on any atom is -0.466 e. The average Bonchev–Trinajstić information content (AvgIpc) is 3.20. The van der Waals surface area contributed by atoms with E-state index in [0.717, 1.165) is 5.56 Å². The van der Waals surface area contributed by atoms with Crippen LogP contribution < -0.4 is 0 Å². The maximum absolute atomic E-state index is 13.2. The second-order valence-electron chi connectivity index (χ2n) is 9.15. The van der Waals surface area contributed by atoms with Crippen LogP contribution in [0.15, 0.2) is 41.3 Å². The van der Waals surface area contributed by atoms with Crippen molar-refractivity contribution in [2.24, 2.45) is 17.8 Å². The number of hydrogen-bond acceptors (Lipinski definition) is 10. The second-order valence-corrected chi connectivity index (χ2v) is 11.2. The average molecular weight is 525 g/mol. The number of ether oxygens (including phenoxy) is 5. The maximum atomic E-state index is 13.2. The first-order chi connectivity index (χ1) is 16.9. The first-order valence-electron chi connectivity index (χ1n) is 11.6. The summed E-state index contributed by atoms with van der Waals surface area (Å²) in [6.07, 6.45) is -2.65. The van der Waals surface area contributed by atoms with E-state index in [9.17, 15) is 22.8 Å². The van der Waals surface area contributed by atoms with Crippen LogP contribution in [0.5, 0.6) is 0 Å². The van der Waals surface area contributed by atoms with Crippen LogP contribution in [0.1, 0.15) is 25.8 Å². The van der Waals surface area contributed by atoms with Crippen LogP contribution in [-0.4, -0.2) is 70.9 Å². The fraction of sp³-hybridized carbons (Fsp3) is 0.560. The highest BCUT2D eigenvalue weighted by Gasteiger charge is 2.55. The summed E-state index contributed by atoms with van der Waals surface area (Å²) in [6, 6.07) is 6.57. The van der Waals surface area contributed by atoms with Crippen molar-refractivity contribution in [2.45, 2.75) is 50.6 Å². The van der Waals surface area contributed by atoms with Crippen molar-refractivity contribution in [1.29, 1.82) is 0 Å². The van der Waals surface area contributed by atoms with Crippen molar-refractivity contribution in [3.8, 4) is 0 Å². The third-order valence-corrected chi connectivity index (χ3v) is 8.30. The molecule has 0 unspecified atom stereocenters. The van der Waals surface area contributed by atoms with Crippen LogP contribution in [0.25, 0.3) is 0 Å². The SMILES string of the molecule is C=C(C[C@H]1[C@H](OC(C)=O)[C@@H](COC(C)=O)O[C@@H]2OC[C@H](CS(=O)(=O)c3ccc(C)cc3)[C@@H]21)C(=O)OC. The van der Waals surface area contributed by atoms with Gasteiger partial charge in [-0.2, -0.15) is 0 Å². The molecule has 2 heterocycles. The Labute approximate surface area is 210 Å². The van der Waals surface area contributed by atoms with Gasteiger partial charge in [0.15, 0.2) is 16.1 Å². The number of hydrogen-bond donors (Lipinski definition) is 0. The van der Waals surface area contributed by atoms with Crippen molar-refractivity contribution >= 4 is 27.7 Å². The lowest BCUT2D eigenvalue weighted by Crippen LogP contribution is -2.55. The monoisotopic (exact) mass is 524 g/mol. The zero-order valence-corrected chi connectivity index (χ0v) is 21.6. The molecule has 1 aromatic rings. The molecule has 1 aromatic carbocycles. The quantitative estimate of drug-likeness (QED) is 0.268. The Morgan fingerprint density at radius 3 is 2.36 bits per heavy atom. The van der Waals surface area contributed by atoms with Crippen molar-refractivity contribution < 1.29 is 46.5 Å². The number of sulfone groups is 1. The van der Waals surface area contributed by atoms with Gasteiger partial charge in [-0.1, -0.05) is 24.3 Å². The van der Waals surface area contributed by atoms with Gasteiger partial charge in [0.1, 0.15) is 18.8 Å². The van der Waals surface area contributed by atoms with Crippen molar-refractivity contribution in [2.75, 3.05) is 26.1 Å². The van der Waals surface area contributed by atoms with E-state index < -0.39 is 64.0 Å². The number of rotatable bonds is 9. The van der Waals surface area contributed by atoms with E-state index in [0.29, 0.717) is 0 Å². The van der Waals surface area contributed by atoms with Gasteiger partial charge in [0.25, 0.3) is 0 Å². The van der Waals surface area contributed by atoms with Crippen molar-refractivity contribution in [3.05, 3.63) is 42.0 Å². The summed E-state index contributed by atoms with van der Waals surface area (Å²) >= 11 is 0. The first-order valence-corrected chi connectivity index (χ1v) is 13.2. The molecule has 10 nitrogen and oxygen atoms in total. The highest BCUT2D eigenvalue weighted by Crippen LogP contribution is 2.46. The summed E-state index contributed by atoms with van der Waals surface area (Å²) in [5, 5.41) is 0. The first kappa shape index (κ1) is 27.8. The van der Waals surface area contributed by atoms with E-state index in [1.165, 1.54) is 21.0 Å². The number of esters is 3. The van der Waals surface area contributed by atoms with Gasteiger partial charge < -0.3 is 23.7 Å². The number of carbonyl (C=O) groups is 3. The van der Waals surface area contributed by atoms with Crippen molar-refractivity contribution in [3.63, 3.8) is 0 Å². The predicted octanol–water partition coefficient (Wildman–Crippen LogP) is 1.99. The van der Waals surface area contributed by atoms with Gasteiger partial charge in [-0.05, 0) is 25.5 Å². The molecule has 36 heavy (non-hydrogen) atoms. The smallest absolute Gasteiger partial charge is 0.333 e. The third kappa shape index (κ3) is 6.51. The summed E-state index contributed by atoms with van der Waals surface area (Å²) in [7, 11) is -2.46. The standard InChI is InChI=1S/C25H32O10S/c1-14-6-8-19(9-7-14)36(29,30)13-18-11-33-25-22(18)20(10-15(2)24(28)31-5)23(34-17(4)27)21(35-25)12-32-16(3)26/h6-9,18,20-23,25H,2,10-13H2,1,3-5H3/t18-,20-,21-,22-,23+,25+/m1/s1. The molecule has 0 aliphatic carbocycles. The van der Waals surface area contributed by atoms with Gasteiger partial charge in [-0.3, -0.25) is 9.59 Å². The molecule has 2 aliphatic heterocycles. The number of aryl methyl sites for hydroxylation is 1. The lowest BCUT2D eigenvalue weighted by Gasteiger charge is -2.44. The molecule has 2 fully saturated rings. The van der Waals surface area contributed by atoms with E-state index >= 15 is 0 Å². The molecule has 11 heteroatoms. The largest absolute Gasteiger partial charge is 0.466 e. The molecule has 0 amide bonds. The molecule has 0 saturated carbocycles. The Kier molecular flexibility index (Phi) is 8.91. The van der Waals surface area contributed by atoms with Gasteiger partial charge in [0.05, 0.1) is 24.4 Å². The van der Waals surface area contributed by atoms with Crippen molar-refractivity contribution in [1.82, 2.24) is 0 Å². The minimum absolute atomic E-state index is 0.0379. The Morgan fingerprint density at radius 1 is 1.11 bits per heavy atom. The van der Waals surface area contributed by atoms with Crippen LogP contribution in [0.3, 0.4) is 0 Å². The Hall–Kier alpha value is -2.76. The molecule has 0 aromatic heterocycles. The molecule has 0 radical (unpaired) electrons. The number of fused-ring (bicyclic) bond motifs is 1. The van der Waals surface area contributed by atoms with E-state index in [2.05, 4.69) is 6.58 Å². The summed E-state index contributed by atoms with van der Waals surface area (Å²) in [6.45, 7) is 8.00. The molecule has 198 valence electrons. The molecule has 0 N–H and O–H groups in total. The van der Waals surface area contributed by atoms with Gasteiger partial charge in [-0.15, -0.1) is 0 Å². The van der Waals surface area contributed by atoms with Gasteiger partial charge >= 0.3 is 17.9 Å². The number of benzene rings is 1. The number of carbonyl (C=O) groups excluding carboxylic acids is 3. The highest BCUT2D eigenvalue weighted by atomic mass is 32.2. The Morgan fingerprint density at radius 2 is 1.78 bits per heavy atom. The van der Waals surface area contributed by atoms with E-state index in [1.54, 1.807) is 24.3 Å².